The first-order chi connectivity index (χ1) is 9.79. The molecule has 4 rings (SSSR count). The molecule has 2 aromatic rings. The maximum absolute atomic E-state index is 12.3. The smallest absolute Gasteiger partial charge is 0.254 e. The van der Waals surface area contributed by atoms with E-state index in [1.807, 2.05) is 24.3 Å². The fourth-order valence-corrected chi connectivity index (χ4v) is 2.72. The van der Waals surface area contributed by atoms with E-state index in [9.17, 15) is 4.79 Å². The van der Waals surface area contributed by atoms with E-state index >= 15 is 0 Å². The van der Waals surface area contributed by atoms with E-state index in [4.69, 9.17) is 4.74 Å². The molecule has 0 saturated heterocycles. The lowest BCUT2D eigenvalue weighted by molar-refractivity contribution is 0.301. The van der Waals surface area contributed by atoms with Crippen LogP contribution >= 0.6 is 0 Å². The number of nitrogens with one attached hydrogen (secondary N) is 1. The largest absolute Gasteiger partial charge is 0.487 e. The predicted molar refractivity (Wildman–Crippen MR) is 74.9 cm³/mol. The fraction of sp³-hybridized carbons (Fsp3) is 0.375. The first kappa shape index (κ1) is 11.7. The molecule has 2 heterocycles. The van der Waals surface area contributed by atoms with Crippen LogP contribution in [0.2, 0.25) is 0 Å². The van der Waals surface area contributed by atoms with Gasteiger partial charge in [-0.1, -0.05) is 18.2 Å². The number of para-hydroxylation sites is 1. The third-order valence-corrected chi connectivity index (χ3v) is 4.03. The van der Waals surface area contributed by atoms with E-state index in [-0.39, 0.29) is 5.56 Å². The van der Waals surface area contributed by atoms with Crippen LogP contribution in [0.1, 0.15) is 35.5 Å². The minimum Gasteiger partial charge on any atom is -0.487 e. The van der Waals surface area contributed by atoms with Crippen LogP contribution in [0.5, 0.6) is 5.75 Å². The Morgan fingerprint density at radius 3 is 3.00 bits per heavy atom. The van der Waals surface area contributed by atoms with Crippen molar-refractivity contribution in [2.75, 3.05) is 0 Å². The molecule has 0 amide bonds. The Kier molecular flexibility index (Phi) is 2.62. The van der Waals surface area contributed by atoms with Gasteiger partial charge in [0.05, 0.1) is 5.69 Å². The van der Waals surface area contributed by atoms with Crippen molar-refractivity contribution in [3.63, 3.8) is 0 Å². The van der Waals surface area contributed by atoms with Crippen molar-refractivity contribution in [1.82, 2.24) is 9.97 Å². The fourth-order valence-electron chi connectivity index (χ4n) is 2.72. The molecule has 102 valence electrons. The van der Waals surface area contributed by atoms with Crippen LogP contribution in [-0.2, 0) is 19.4 Å². The molecule has 0 spiro atoms. The average molecular weight is 268 g/mol. The van der Waals surface area contributed by atoms with Gasteiger partial charge in [-0.05, 0) is 30.4 Å². The van der Waals surface area contributed by atoms with Crippen LogP contribution in [0.15, 0.2) is 29.1 Å². The predicted octanol–water partition coefficient (Wildman–Crippen LogP) is 2.21. The van der Waals surface area contributed by atoms with Gasteiger partial charge in [-0.25, -0.2) is 4.98 Å². The number of H-pyrrole nitrogens is 1. The van der Waals surface area contributed by atoms with Crippen LogP contribution in [0.3, 0.4) is 0 Å². The van der Waals surface area contributed by atoms with E-state index < -0.39 is 0 Å². The Balaban J connectivity index is 1.74. The highest BCUT2D eigenvalue weighted by Gasteiger charge is 2.24. The highest BCUT2D eigenvalue weighted by atomic mass is 16.5. The van der Waals surface area contributed by atoms with E-state index in [0.29, 0.717) is 18.9 Å². The quantitative estimate of drug-likeness (QED) is 0.908. The van der Waals surface area contributed by atoms with Gasteiger partial charge in [0.25, 0.3) is 5.56 Å². The third-order valence-electron chi connectivity index (χ3n) is 4.03. The van der Waals surface area contributed by atoms with Crippen molar-refractivity contribution < 1.29 is 4.74 Å². The topological polar surface area (TPSA) is 55.0 Å². The zero-order valence-electron chi connectivity index (χ0n) is 11.2. The van der Waals surface area contributed by atoms with Crippen molar-refractivity contribution in [2.45, 2.75) is 32.3 Å². The number of hydrogen-bond acceptors (Lipinski definition) is 3. The summed E-state index contributed by atoms with van der Waals surface area (Å²) in [4.78, 5) is 19.9. The second-order valence-corrected chi connectivity index (χ2v) is 5.66. The lowest BCUT2D eigenvalue weighted by atomic mass is 10.0. The summed E-state index contributed by atoms with van der Waals surface area (Å²) in [5.74, 6) is 2.37. The molecule has 1 aromatic heterocycles. The SMILES string of the molecule is O=c1[nH]c(CC2CC2)nc2c1Cc1ccccc1OC2. The van der Waals surface area contributed by atoms with E-state index in [1.54, 1.807) is 0 Å². The lowest BCUT2D eigenvalue weighted by Crippen LogP contribution is -2.20. The molecule has 0 radical (unpaired) electrons. The molecule has 1 saturated carbocycles. The number of nitrogens with zero attached hydrogens (tertiary/aromatic N) is 1. The van der Waals surface area contributed by atoms with Gasteiger partial charge in [-0.2, -0.15) is 0 Å². The van der Waals surface area contributed by atoms with Gasteiger partial charge in [-0.15, -0.1) is 0 Å². The molecule has 4 heteroatoms. The van der Waals surface area contributed by atoms with Gasteiger partial charge in [0, 0.05) is 18.4 Å². The van der Waals surface area contributed by atoms with Crippen molar-refractivity contribution in [2.24, 2.45) is 5.92 Å². The highest BCUT2D eigenvalue weighted by molar-refractivity contribution is 5.40. The minimum absolute atomic E-state index is 0.00838. The Bertz CT molecular complexity index is 717. The first-order valence-corrected chi connectivity index (χ1v) is 7.11. The molecular weight excluding hydrogens is 252 g/mol. The Labute approximate surface area is 116 Å². The summed E-state index contributed by atoms with van der Waals surface area (Å²) in [6.45, 7) is 0.383. The summed E-state index contributed by atoms with van der Waals surface area (Å²) in [7, 11) is 0. The monoisotopic (exact) mass is 268 g/mol. The molecule has 1 aromatic carbocycles. The van der Waals surface area contributed by atoms with Crippen LogP contribution in [0, 0.1) is 5.92 Å². The van der Waals surface area contributed by atoms with Crippen LogP contribution in [-0.4, -0.2) is 9.97 Å². The molecule has 1 N–H and O–H groups in total. The summed E-state index contributed by atoms with van der Waals surface area (Å²) < 4.78 is 5.79. The number of aromatic amines is 1. The summed E-state index contributed by atoms with van der Waals surface area (Å²) >= 11 is 0. The van der Waals surface area contributed by atoms with Gasteiger partial charge in [0.2, 0.25) is 0 Å². The van der Waals surface area contributed by atoms with Crippen LogP contribution in [0.25, 0.3) is 0 Å². The second-order valence-electron chi connectivity index (χ2n) is 5.66. The molecule has 20 heavy (non-hydrogen) atoms. The summed E-state index contributed by atoms with van der Waals surface area (Å²) in [5.41, 5.74) is 2.58. The number of benzene rings is 1. The van der Waals surface area contributed by atoms with Crippen molar-refractivity contribution >= 4 is 0 Å². The molecule has 4 nitrogen and oxygen atoms in total. The maximum Gasteiger partial charge on any atom is 0.254 e. The van der Waals surface area contributed by atoms with Gasteiger partial charge < -0.3 is 9.72 Å². The standard InChI is InChI=1S/C16H16N2O2/c19-16-12-8-11-3-1-2-4-14(11)20-9-13(12)17-15(18-16)7-10-5-6-10/h1-4,10H,5-9H2,(H,17,18,19). The van der Waals surface area contributed by atoms with E-state index in [0.717, 1.165) is 34.8 Å². The normalized spacial score (nSPS) is 16.8. The summed E-state index contributed by atoms with van der Waals surface area (Å²) in [6, 6.07) is 7.86. The van der Waals surface area contributed by atoms with E-state index in [1.165, 1.54) is 12.8 Å². The molecule has 0 unspecified atom stereocenters. The molecule has 0 bridgehead atoms. The number of aromatic nitrogens is 2. The zero-order chi connectivity index (χ0) is 13.5. The first-order valence-electron chi connectivity index (χ1n) is 7.11. The van der Waals surface area contributed by atoms with Gasteiger partial charge >= 0.3 is 0 Å². The number of ether oxygens (including phenoxy) is 1. The van der Waals surface area contributed by atoms with Crippen molar-refractivity contribution in [3.8, 4) is 5.75 Å². The number of fused-ring (bicyclic) bond motifs is 2. The zero-order valence-corrected chi connectivity index (χ0v) is 11.2. The Hall–Kier alpha value is -2.10. The second kappa shape index (κ2) is 4.47. The van der Waals surface area contributed by atoms with Crippen LogP contribution < -0.4 is 10.3 Å². The van der Waals surface area contributed by atoms with Crippen molar-refractivity contribution in [3.05, 3.63) is 57.3 Å². The molecule has 1 aliphatic heterocycles. The lowest BCUT2D eigenvalue weighted by Gasteiger charge is -2.06. The minimum atomic E-state index is -0.00838. The molecule has 2 aliphatic rings. The molecule has 1 aliphatic carbocycles. The maximum atomic E-state index is 12.3. The molecular formula is C16H16N2O2. The average Bonchev–Trinajstić information content (AvgIpc) is 3.25. The van der Waals surface area contributed by atoms with Crippen LogP contribution in [0.4, 0.5) is 0 Å². The Morgan fingerprint density at radius 1 is 1.30 bits per heavy atom. The third kappa shape index (κ3) is 2.11. The Morgan fingerprint density at radius 2 is 2.15 bits per heavy atom. The number of rotatable bonds is 2. The molecule has 0 atom stereocenters. The highest BCUT2D eigenvalue weighted by Crippen LogP contribution is 2.32. The summed E-state index contributed by atoms with van der Waals surface area (Å²) in [6.07, 6.45) is 3.98. The molecule has 1 fully saturated rings. The van der Waals surface area contributed by atoms with Gasteiger partial charge in [0.15, 0.2) is 0 Å². The van der Waals surface area contributed by atoms with Crippen molar-refractivity contribution in [1.29, 1.82) is 0 Å². The van der Waals surface area contributed by atoms with Gasteiger partial charge in [-0.3, -0.25) is 4.79 Å². The van der Waals surface area contributed by atoms with E-state index in [2.05, 4.69) is 9.97 Å². The number of hydrogen-bond donors (Lipinski definition) is 1. The summed E-state index contributed by atoms with van der Waals surface area (Å²) in [5, 5.41) is 0. The van der Waals surface area contributed by atoms with Gasteiger partial charge in [0.1, 0.15) is 18.2 Å².